The molecule has 0 unspecified atom stereocenters. The molecule has 4 amide bonds. The van der Waals surface area contributed by atoms with Gasteiger partial charge in [-0.15, -0.1) is 0 Å². The molecule has 0 atom stereocenters. The number of methoxy groups -OCH3 is 1. The number of aryl methyl sites for hydroxylation is 2. The normalized spacial score (nSPS) is 14.9. The number of ether oxygens (including phenoxy) is 1. The molecule has 1 N–H and O–H groups in total. The van der Waals surface area contributed by atoms with Gasteiger partial charge in [0.1, 0.15) is 5.57 Å². The van der Waals surface area contributed by atoms with E-state index in [-0.39, 0.29) is 11.3 Å². The number of urea groups is 1. The first-order chi connectivity index (χ1) is 17.0. The number of halogens is 2. The number of rotatable bonds is 4. The average Bonchev–Trinajstić information content (AvgIpc) is 3.11. The monoisotopic (exact) mass is 525 g/mol. The van der Waals surface area contributed by atoms with Gasteiger partial charge in [-0.25, -0.2) is 14.5 Å². The van der Waals surface area contributed by atoms with Crippen molar-refractivity contribution in [1.29, 1.82) is 0 Å². The average molecular weight is 526 g/mol. The van der Waals surface area contributed by atoms with Gasteiger partial charge in [0.05, 0.1) is 29.1 Å². The molecule has 1 aliphatic heterocycles. The number of hydrogen-bond donors (Lipinski definition) is 1. The van der Waals surface area contributed by atoms with E-state index >= 15 is 0 Å². The van der Waals surface area contributed by atoms with Gasteiger partial charge in [-0.3, -0.25) is 14.9 Å². The van der Waals surface area contributed by atoms with Crippen molar-refractivity contribution < 1.29 is 23.9 Å². The lowest BCUT2D eigenvalue weighted by molar-refractivity contribution is -0.122. The minimum atomic E-state index is -0.862. The lowest BCUT2D eigenvalue weighted by Gasteiger charge is -2.26. The van der Waals surface area contributed by atoms with Crippen LogP contribution in [0.5, 0.6) is 0 Å². The topological polar surface area (TPSA) is 97.7 Å². The molecule has 2 aromatic carbocycles. The van der Waals surface area contributed by atoms with Crippen LogP contribution in [0.2, 0.25) is 10.0 Å². The van der Waals surface area contributed by atoms with Gasteiger partial charge < -0.3 is 9.30 Å². The van der Waals surface area contributed by atoms with E-state index in [2.05, 4.69) is 5.32 Å². The summed E-state index contributed by atoms with van der Waals surface area (Å²) in [5.74, 6) is -2.10. The molecule has 4 rings (SSSR count). The van der Waals surface area contributed by atoms with Crippen LogP contribution in [0.4, 0.5) is 10.5 Å². The summed E-state index contributed by atoms with van der Waals surface area (Å²) in [7, 11) is 1.29. The zero-order valence-electron chi connectivity index (χ0n) is 19.8. The fourth-order valence-corrected chi connectivity index (χ4v) is 4.38. The Morgan fingerprint density at radius 1 is 0.972 bits per heavy atom. The van der Waals surface area contributed by atoms with Crippen LogP contribution in [0, 0.1) is 20.8 Å². The van der Waals surface area contributed by atoms with E-state index in [1.54, 1.807) is 54.8 Å². The molecule has 0 saturated carbocycles. The first kappa shape index (κ1) is 25.2. The van der Waals surface area contributed by atoms with Crippen molar-refractivity contribution >= 4 is 58.8 Å². The van der Waals surface area contributed by atoms with E-state index in [1.807, 2.05) is 6.92 Å². The van der Waals surface area contributed by atoms with Crippen LogP contribution in [0.15, 0.2) is 48.0 Å². The second kappa shape index (κ2) is 9.64. The molecule has 0 aliphatic carbocycles. The number of nitrogens with one attached hydrogen (secondary N) is 1. The van der Waals surface area contributed by atoms with Crippen LogP contribution >= 0.6 is 23.2 Å². The molecule has 0 radical (unpaired) electrons. The molecule has 1 aliphatic rings. The fraction of sp³-hybridized carbons (Fsp3) is 0.154. The zero-order valence-corrected chi connectivity index (χ0v) is 21.3. The molecule has 10 heteroatoms. The number of aromatic nitrogens is 1. The van der Waals surface area contributed by atoms with E-state index in [1.165, 1.54) is 19.3 Å². The molecule has 1 aromatic heterocycles. The van der Waals surface area contributed by atoms with Gasteiger partial charge in [0.15, 0.2) is 0 Å². The number of nitrogens with zero attached hydrogens (tertiary/aromatic N) is 2. The zero-order chi connectivity index (χ0) is 26.3. The maximum absolute atomic E-state index is 13.3. The van der Waals surface area contributed by atoms with Crippen LogP contribution in [-0.2, 0) is 14.3 Å². The summed E-state index contributed by atoms with van der Waals surface area (Å²) in [6.45, 7) is 5.40. The van der Waals surface area contributed by atoms with Crippen LogP contribution in [0.1, 0.15) is 32.9 Å². The first-order valence-corrected chi connectivity index (χ1v) is 11.5. The van der Waals surface area contributed by atoms with Crippen molar-refractivity contribution in [1.82, 2.24) is 9.88 Å². The van der Waals surface area contributed by atoms with E-state index in [0.717, 1.165) is 16.2 Å². The van der Waals surface area contributed by atoms with Gasteiger partial charge in [0.25, 0.3) is 11.8 Å². The van der Waals surface area contributed by atoms with Gasteiger partial charge in [0, 0.05) is 16.4 Å². The smallest absolute Gasteiger partial charge is 0.337 e. The number of anilines is 1. The summed E-state index contributed by atoms with van der Waals surface area (Å²) in [5.41, 5.74) is 3.60. The van der Waals surface area contributed by atoms with E-state index in [0.29, 0.717) is 32.6 Å². The molecule has 36 heavy (non-hydrogen) atoms. The van der Waals surface area contributed by atoms with Gasteiger partial charge in [-0.2, -0.15) is 0 Å². The Labute approximate surface area is 217 Å². The van der Waals surface area contributed by atoms with E-state index in [9.17, 15) is 19.2 Å². The largest absolute Gasteiger partial charge is 0.465 e. The lowest BCUT2D eigenvalue weighted by Crippen LogP contribution is -2.54. The molecule has 0 spiro atoms. The number of barbiturate groups is 1. The maximum atomic E-state index is 13.3. The van der Waals surface area contributed by atoms with Crippen molar-refractivity contribution in [3.05, 3.63) is 86.2 Å². The minimum absolute atomic E-state index is 0.221. The Balaban J connectivity index is 1.79. The van der Waals surface area contributed by atoms with Gasteiger partial charge in [0.2, 0.25) is 0 Å². The first-order valence-electron chi connectivity index (χ1n) is 10.8. The highest BCUT2D eigenvalue weighted by Gasteiger charge is 2.37. The standard InChI is InChI=1S/C26H21Cl2N3O5/c1-13-5-7-18(12-21(13)28)31-24(33)19(23(32)29-26(31)35)10-17-9-14(2)30(15(17)3)22-11-16(25(34)36-4)6-8-20(22)27/h5-12H,1-4H3,(H,29,32,35)/b19-10-. The number of imide groups is 2. The van der Waals surface area contributed by atoms with Gasteiger partial charge in [-0.05, 0) is 74.4 Å². The van der Waals surface area contributed by atoms with Crippen LogP contribution in [0.25, 0.3) is 11.8 Å². The Morgan fingerprint density at radius 2 is 1.69 bits per heavy atom. The summed E-state index contributed by atoms with van der Waals surface area (Å²) >= 11 is 12.6. The molecule has 1 saturated heterocycles. The predicted molar refractivity (Wildman–Crippen MR) is 137 cm³/mol. The SMILES string of the molecule is COC(=O)c1ccc(Cl)c(-n2c(C)cc(/C=C3/C(=O)NC(=O)N(c4ccc(C)c(Cl)c4)C3=O)c2C)c1. The number of amides is 4. The van der Waals surface area contributed by atoms with Crippen molar-refractivity contribution in [2.24, 2.45) is 0 Å². The molecule has 2 heterocycles. The summed E-state index contributed by atoms with van der Waals surface area (Å²) in [6, 6.07) is 10.4. The third kappa shape index (κ3) is 4.41. The fourth-order valence-electron chi connectivity index (χ4n) is 4.00. The quantitative estimate of drug-likeness (QED) is 0.288. The molecule has 8 nitrogen and oxygen atoms in total. The number of carbonyl (C=O) groups excluding carboxylic acids is 4. The molecule has 184 valence electrons. The summed E-state index contributed by atoms with van der Waals surface area (Å²) in [4.78, 5) is 51.3. The third-order valence-corrected chi connectivity index (χ3v) is 6.62. The van der Waals surface area contributed by atoms with Crippen molar-refractivity contribution in [3.63, 3.8) is 0 Å². The molecular formula is C26H21Cl2N3O5. The summed E-state index contributed by atoms with van der Waals surface area (Å²) in [5, 5.41) is 2.98. The van der Waals surface area contributed by atoms with Gasteiger partial charge >= 0.3 is 12.0 Å². The lowest BCUT2D eigenvalue weighted by atomic mass is 10.1. The van der Waals surface area contributed by atoms with Crippen LogP contribution < -0.4 is 10.2 Å². The molecule has 3 aromatic rings. The van der Waals surface area contributed by atoms with Crippen molar-refractivity contribution in [3.8, 4) is 5.69 Å². The number of benzene rings is 2. The molecule has 0 bridgehead atoms. The highest BCUT2D eigenvalue weighted by Crippen LogP contribution is 2.30. The molecular weight excluding hydrogens is 505 g/mol. The summed E-state index contributed by atoms with van der Waals surface area (Å²) in [6.07, 6.45) is 1.42. The van der Waals surface area contributed by atoms with Gasteiger partial charge in [-0.1, -0.05) is 29.3 Å². The van der Waals surface area contributed by atoms with Crippen LogP contribution in [-0.4, -0.2) is 35.5 Å². The third-order valence-electron chi connectivity index (χ3n) is 5.89. The van der Waals surface area contributed by atoms with Crippen molar-refractivity contribution in [2.75, 3.05) is 12.0 Å². The Hall–Kier alpha value is -3.88. The number of hydrogen-bond acceptors (Lipinski definition) is 5. The Kier molecular flexibility index (Phi) is 6.75. The second-order valence-electron chi connectivity index (χ2n) is 8.21. The maximum Gasteiger partial charge on any atom is 0.337 e. The second-order valence-corrected chi connectivity index (χ2v) is 9.03. The molecule has 1 fully saturated rings. The Morgan fingerprint density at radius 3 is 2.36 bits per heavy atom. The van der Waals surface area contributed by atoms with E-state index < -0.39 is 23.8 Å². The van der Waals surface area contributed by atoms with Crippen molar-refractivity contribution in [2.45, 2.75) is 20.8 Å². The Bertz CT molecular complexity index is 1490. The summed E-state index contributed by atoms with van der Waals surface area (Å²) < 4.78 is 6.60. The highest BCUT2D eigenvalue weighted by molar-refractivity contribution is 6.39. The predicted octanol–water partition coefficient (Wildman–Crippen LogP) is 5.16. The number of carbonyl (C=O) groups is 4. The van der Waals surface area contributed by atoms with Crippen LogP contribution in [0.3, 0.4) is 0 Å². The number of esters is 1. The highest BCUT2D eigenvalue weighted by atomic mass is 35.5. The van der Waals surface area contributed by atoms with E-state index in [4.69, 9.17) is 27.9 Å². The minimum Gasteiger partial charge on any atom is -0.465 e.